The van der Waals surface area contributed by atoms with Crippen molar-refractivity contribution in [1.29, 1.82) is 0 Å². The molecule has 0 spiro atoms. The van der Waals surface area contributed by atoms with Gasteiger partial charge in [0.1, 0.15) is 18.3 Å². The van der Waals surface area contributed by atoms with Crippen LogP contribution in [0.3, 0.4) is 0 Å². The summed E-state index contributed by atoms with van der Waals surface area (Å²) in [6, 6.07) is 9.27. The molecule has 3 fully saturated rings. The quantitative estimate of drug-likeness (QED) is 0.256. The van der Waals surface area contributed by atoms with Gasteiger partial charge in [0, 0.05) is 36.3 Å². The Morgan fingerprint density at radius 2 is 2.04 bits per heavy atom. The number of epoxide rings is 1. The number of carbonyl (C=O) groups is 1. The van der Waals surface area contributed by atoms with E-state index in [1.54, 1.807) is 24.3 Å². The zero-order valence-electron chi connectivity index (χ0n) is 14.5. The van der Waals surface area contributed by atoms with Gasteiger partial charge in [-0.2, -0.15) is 0 Å². The number of ether oxygens (including phenoxy) is 2. The molecule has 3 aliphatic heterocycles. The molecule has 6 atom stereocenters. The molecule has 0 amide bonds. The van der Waals surface area contributed by atoms with Gasteiger partial charge in [0.2, 0.25) is 5.67 Å². The zero-order chi connectivity index (χ0) is 18.3. The minimum absolute atomic E-state index is 0.181. The molecule has 4 rings (SSSR count). The van der Waals surface area contributed by atoms with Crippen molar-refractivity contribution in [3.63, 3.8) is 0 Å². The molecule has 1 aromatic carbocycles. The van der Waals surface area contributed by atoms with Crippen LogP contribution in [0.4, 0.5) is 4.39 Å². The lowest BCUT2D eigenvalue weighted by Crippen LogP contribution is -2.50. The lowest BCUT2D eigenvalue weighted by atomic mass is 9.95. The summed E-state index contributed by atoms with van der Waals surface area (Å²) in [6.45, 7) is -0.578. The molecule has 0 aromatic heterocycles. The average molecular weight is 360 g/mol. The second-order valence-corrected chi connectivity index (χ2v) is 7.38. The summed E-state index contributed by atoms with van der Waals surface area (Å²) in [5.41, 5.74) is 6.85. The van der Waals surface area contributed by atoms with E-state index in [9.17, 15) is 4.79 Å². The van der Waals surface area contributed by atoms with Crippen LogP contribution in [-0.4, -0.2) is 60.5 Å². The van der Waals surface area contributed by atoms with Crippen LogP contribution in [0.15, 0.2) is 35.4 Å². The number of nitrogens with zero attached hydrogens (tertiary/aromatic N) is 4. The van der Waals surface area contributed by atoms with Gasteiger partial charge in [0.15, 0.2) is 0 Å². The molecule has 0 aliphatic carbocycles. The van der Waals surface area contributed by atoms with Crippen molar-refractivity contribution >= 4 is 5.97 Å². The second-order valence-electron chi connectivity index (χ2n) is 7.38. The van der Waals surface area contributed by atoms with Crippen LogP contribution >= 0.6 is 0 Å². The number of rotatable bonds is 6. The lowest BCUT2D eigenvalue weighted by Gasteiger charge is -2.38. The van der Waals surface area contributed by atoms with Crippen LogP contribution in [-0.2, 0) is 20.7 Å². The summed E-state index contributed by atoms with van der Waals surface area (Å²) >= 11 is 0. The summed E-state index contributed by atoms with van der Waals surface area (Å²) in [5, 5.41) is 3.30. The van der Waals surface area contributed by atoms with E-state index in [4.69, 9.17) is 15.0 Å². The molecule has 0 saturated carbocycles. The minimum Gasteiger partial charge on any atom is -0.460 e. The first kappa shape index (κ1) is 17.3. The Balaban J connectivity index is 1.45. The van der Waals surface area contributed by atoms with E-state index in [2.05, 4.69) is 22.0 Å². The van der Waals surface area contributed by atoms with Crippen molar-refractivity contribution in [1.82, 2.24) is 4.90 Å². The second kappa shape index (κ2) is 6.54. The summed E-state index contributed by atoms with van der Waals surface area (Å²) in [4.78, 5) is 17.5. The van der Waals surface area contributed by atoms with Crippen LogP contribution in [0.2, 0.25) is 0 Å². The minimum atomic E-state index is -2.37. The van der Waals surface area contributed by atoms with Gasteiger partial charge < -0.3 is 9.47 Å². The number of fused-ring (bicyclic) bond motifs is 5. The first-order valence-corrected chi connectivity index (χ1v) is 8.84. The number of likely N-dealkylation sites (N-methyl/N-ethyl adjacent to an activating group) is 1. The molecule has 3 saturated heterocycles. The van der Waals surface area contributed by atoms with Crippen LogP contribution in [0.5, 0.6) is 0 Å². The van der Waals surface area contributed by atoms with Crippen molar-refractivity contribution in [3.8, 4) is 0 Å². The molecule has 0 N–H and O–H groups in total. The monoisotopic (exact) mass is 360 g/mol. The van der Waals surface area contributed by atoms with Crippen molar-refractivity contribution in [2.75, 3.05) is 13.6 Å². The summed E-state index contributed by atoms with van der Waals surface area (Å²) in [5.74, 6) is -0.947. The third-order valence-electron chi connectivity index (χ3n) is 5.73. The molecule has 7 nitrogen and oxygen atoms in total. The van der Waals surface area contributed by atoms with Crippen molar-refractivity contribution < 1.29 is 18.7 Å². The largest absolute Gasteiger partial charge is 0.460 e. The fourth-order valence-electron chi connectivity index (χ4n) is 4.31. The van der Waals surface area contributed by atoms with Gasteiger partial charge >= 0.3 is 5.97 Å². The van der Waals surface area contributed by atoms with E-state index in [-0.39, 0.29) is 36.8 Å². The average Bonchev–Trinajstić information content (AvgIpc) is 3.39. The highest BCUT2D eigenvalue weighted by atomic mass is 19.1. The van der Waals surface area contributed by atoms with Crippen molar-refractivity contribution in [2.45, 2.75) is 55.3 Å². The topological polar surface area (TPSA) is 90.8 Å². The SMILES string of the molecule is CN1[C@@H]2CC(OC(=O)C(F)(CN=[N+]=[N-])Cc3ccccc3)C[C@H]1[C@@H]1O[C@@H]12. The third kappa shape index (κ3) is 3.05. The van der Waals surface area contributed by atoms with Crippen LogP contribution in [0, 0.1) is 0 Å². The molecule has 1 aromatic rings. The normalized spacial score (nSPS) is 34.3. The molecule has 138 valence electrons. The number of carbonyl (C=O) groups excluding carboxylic acids is 1. The Morgan fingerprint density at radius 3 is 2.65 bits per heavy atom. The number of halogens is 1. The lowest BCUT2D eigenvalue weighted by molar-refractivity contribution is -0.167. The Kier molecular flexibility index (Phi) is 4.34. The number of benzene rings is 1. The molecule has 0 radical (unpaired) electrons. The predicted molar refractivity (Wildman–Crippen MR) is 91.1 cm³/mol. The highest BCUT2D eigenvalue weighted by Crippen LogP contribution is 2.48. The highest BCUT2D eigenvalue weighted by Gasteiger charge is 2.63. The number of morpholine rings is 1. The van der Waals surface area contributed by atoms with E-state index < -0.39 is 18.2 Å². The van der Waals surface area contributed by atoms with E-state index >= 15 is 4.39 Å². The van der Waals surface area contributed by atoms with Gasteiger partial charge in [0.05, 0.1) is 6.54 Å². The van der Waals surface area contributed by atoms with Crippen molar-refractivity contribution in [3.05, 3.63) is 46.3 Å². The van der Waals surface area contributed by atoms with E-state index in [1.807, 2.05) is 6.07 Å². The number of esters is 1. The van der Waals surface area contributed by atoms with Crippen LogP contribution in [0.1, 0.15) is 18.4 Å². The molecule has 2 bridgehead atoms. The molecule has 8 heteroatoms. The predicted octanol–water partition coefficient (Wildman–Crippen LogP) is 2.40. The molecule has 2 unspecified atom stereocenters. The standard InChI is InChI=1S/C18H21FN4O3/c1-23-13-7-12(8-14(23)16-15(13)26-16)25-17(24)18(19,10-21-22-20)9-11-5-3-2-4-6-11/h2-6,12-16H,7-10H2,1H3/t12?,13-,14+,15-,16+,18?. The number of piperidine rings is 1. The Morgan fingerprint density at radius 1 is 1.38 bits per heavy atom. The van der Waals surface area contributed by atoms with Crippen LogP contribution < -0.4 is 0 Å². The van der Waals surface area contributed by atoms with Gasteiger partial charge in [0.25, 0.3) is 0 Å². The number of alkyl halides is 1. The third-order valence-corrected chi connectivity index (χ3v) is 5.73. The maximum atomic E-state index is 15.4. The maximum absolute atomic E-state index is 15.4. The molecule has 3 heterocycles. The summed E-state index contributed by atoms with van der Waals surface area (Å²) < 4.78 is 26.6. The van der Waals surface area contributed by atoms with Crippen LogP contribution in [0.25, 0.3) is 10.4 Å². The first-order valence-electron chi connectivity index (χ1n) is 8.84. The number of azide groups is 1. The summed E-state index contributed by atoms with van der Waals surface area (Å²) in [6.07, 6.45) is 1.21. The van der Waals surface area contributed by atoms with E-state index in [0.717, 1.165) is 0 Å². The summed E-state index contributed by atoms with van der Waals surface area (Å²) in [7, 11) is 2.05. The van der Waals surface area contributed by atoms with Crippen molar-refractivity contribution in [2.24, 2.45) is 5.11 Å². The Hall–Kier alpha value is -2.15. The molecule has 3 aliphatic rings. The smallest absolute Gasteiger partial charge is 0.344 e. The van der Waals surface area contributed by atoms with Gasteiger partial charge in [-0.3, -0.25) is 4.90 Å². The van der Waals surface area contributed by atoms with E-state index in [0.29, 0.717) is 18.4 Å². The molecule has 26 heavy (non-hydrogen) atoms. The van der Waals surface area contributed by atoms with Gasteiger partial charge in [-0.05, 0) is 18.1 Å². The van der Waals surface area contributed by atoms with E-state index in [1.165, 1.54) is 0 Å². The van der Waals surface area contributed by atoms with Gasteiger partial charge in [-0.25, -0.2) is 9.18 Å². The van der Waals surface area contributed by atoms with Gasteiger partial charge in [-0.15, -0.1) is 0 Å². The Bertz CT molecular complexity index is 723. The maximum Gasteiger partial charge on any atom is 0.344 e. The highest BCUT2D eigenvalue weighted by molar-refractivity contribution is 5.80. The Labute approximate surface area is 150 Å². The zero-order valence-corrected chi connectivity index (χ0v) is 14.5. The fraction of sp³-hybridized carbons (Fsp3) is 0.611. The molecular formula is C18H21FN4O3. The number of hydrogen-bond acceptors (Lipinski definition) is 5. The fourth-order valence-corrected chi connectivity index (χ4v) is 4.31. The number of hydrogen-bond donors (Lipinski definition) is 0. The van der Waals surface area contributed by atoms with Gasteiger partial charge in [-0.1, -0.05) is 35.4 Å². The first-order chi connectivity index (χ1) is 12.5. The molecular weight excluding hydrogens is 339 g/mol.